The normalized spacial score (nSPS) is 20.3. The summed E-state index contributed by atoms with van der Waals surface area (Å²) >= 11 is 0. The van der Waals surface area contributed by atoms with Crippen molar-refractivity contribution >= 4 is 47.6 Å². The van der Waals surface area contributed by atoms with Crippen LogP contribution in [0, 0.1) is 5.92 Å². The Morgan fingerprint density at radius 1 is 0.857 bits per heavy atom. The van der Waals surface area contributed by atoms with Crippen LogP contribution >= 0.6 is 0 Å². The van der Waals surface area contributed by atoms with Gasteiger partial charge in [-0.1, -0.05) is 30.3 Å². The molecule has 0 radical (unpaired) electrons. The summed E-state index contributed by atoms with van der Waals surface area (Å²) in [5.74, 6) is -5.89. The summed E-state index contributed by atoms with van der Waals surface area (Å²) in [5.41, 5.74) is 17.6. The Morgan fingerprint density at radius 2 is 1.41 bits per heavy atom. The highest BCUT2D eigenvalue weighted by Crippen LogP contribution is 2.45. The molecule has 17 nitrogen and oxygen atoms in total. The van der Waals surface area contributed by atoms with Gasteiger partial charge < -0.3 is 54.0 Å². The van der Waals surface area contributed by atoms with E-state index in [4.69, 9.17) is 22.9 Å². The van der Waals surface area contributed by atoms with Gasteiger partial charge in [0.1, 0.15) is 18.0 Å². The molecular weight excluding hydrogens is 638 g/mol. The van der Waals surface area contributed by atoms with Gasteiger partial charge in [0.25, 0.3) is 11.8 Å². The molecule has 17 heteroatoms. The van der Waals surface area contributed by atoms with Gasteiger partial charge in [0.15, 0.2) is 23.3 Å². The van der Waals surface area contributed by atoms with Crippen molar-refractivity contribution in [1.29, 1.82) is 0 Å². The number of phenols is 2. The van der Waals surface area contributed by atoms with Gasteiger partial charge in [0.2, 0.25) is 11.6 Å². The molecule has 1 heterocycles. The molecule has 1 aliphatic heterocycles. The van der Waals surface area contributed by atoms with Gasteiger partial charge in [0, 0.05) is 19.3 Å². The summed E-state index contributed by atoms with van der Waals surface area (Å²) in [4.78, 5) is 61.7. The highest BCUT2D eigenvalue weighted by molar-refractivity contribution is 6.02. The number of benzene rings is 2. The van der Waals surface area contributed by atoms with E-state index < -0.39 is 53.8 Å². The Bertz CT molecular complexity index is 1620. The van der Waals surface area contributed by atoms with Crippen LogP contribution in [0.15, 0.2) is 70.8 Å². The van der Waals surface area contributed by atoms with Crippen molar-refractivity contribution in [3.63, 3.8) is 0 Å². The molecule has 0 spiro atoms. The number of amides is 3. The summed E-state index contributed by atoms with van der Waals surface area (Å²) in [6, 6.07) is 12.0. The van der Waals surface area contributed by atoms with Crippen molar-refractivity contribution in [2.45, 2.75) is 30.6 Å². The number of aliphatic hydroxyl groups is 2. The van der Waals surface area contributed by atoms with Crippen LogP contribution in [0.1, 0.15) is 30.4 Å². The smallest absolute Gasteiger partial charge is 0.274 e. The molecule has 2 aromatic carbocycles. The summed E-state index contributed by atoms with van der Waals surface area (Å²) < 4.78 is 0. The van der Waals surface area contributed by atoms with E-state index in [-0.39, 0.29) is 55.8 Å². The molecule has 0 saturated carbocycles. The van der Waals surface area contributed by atoms with E-state index in [2.05, 4.69) is 20.6 Å². The van der Waals surface area contributed by atoms with Gasteiger partial charge in [-0.15, -0.1) is 0 Å². The summed E-state index contributed by atoms with van der Waals surface area (Å²) in [6.07, 6.45) is 4.75. The van der Waals surface area contributed by atoms with Crippen molar-refractivity contribution in [2.24, 2.45) is 38.8 Å². The average Bonchev–Trinajstić information content (AvgIpc) is 3.20. The number of hydrogen-bond acceptors (Lipinski definition) is 10. The van der Waals surface area contributed by atoms with Crippen molar-refractivity contribution in [3.8, 4) is 11.5 Å². The lowest BCUT2D eigenvalue weighted by Gasteiger charge is -2.36. The number of likely N-dealkylation sites (tertiary alicyclic amines) is 1. The van der Waals surface area contributed by atoms with Crippen molar-refractivity contribution < 1.29 is 39.6 Å². The molecule has 1 saturated heterocycles. The van der Waals surface area contributed by atoms with E-state index in [1.54, 1.807) is 24.3 Å². The molecule has 2 aromatic rings. The Kier molecular flexibility index (Phi) is 12.8. The molecule has 3 amide bonds. The lowest BCUT2D eigenvalue weighted by atomic mass is 9.78. The standard InChI is InChI=1S/C32H41N9O8/c33-29(34)38-15-1-14-31(48)25(13-17-39-30(35)36)32(49,27(46)40-18-24(44)11-6-20-2-7-22(42)8-3-20)41(28(31)47)19-26(45)37-16-12-21-4-9-23(43)10-5-21/h2-12,16,25,42-43,48-49H,1,13-15,17-19H2,(H,37,45)(H,40,46)(H4,33,34,38)(H4,35,36,39)/b11-6+,16-12+/t25-,31+,32+/m1/s1. The molecule has 3 atom stereocenters. The zero-order chi connectivity index (χ0) is 36.2. The number of carbonyl (C=O) groups is 4. The summed E-state index contributed by atoms with van der Waals surface area (Å²) in [6.45, 7) is -1.74. The molecule has 3 rings (SSSR count). The lowest BCUT2D eigenvalue weighted by Crippen LogP contribution is -2.62. The number of nitrogens with zero attached hydrogens (tertiary/aromatic N) is 3. The number of nitrogens with two attached hydrogens (primary N) is 4. The van der Waals surface area contributed by atoms with E-state index in [0.29, 0.717) is 16.0 Å². The maximum Gasteiger partial charge on any atom is 0.274 e. The van der Waals surface area contributed by atoms with Crippen molar-refractivity contribution in [1.82, 2.24) is 15.5 Å². The van der Waals surface area contributed by atoms with Crippen LogP contribution in [0.5, 0.6) is 11.5 Å². The minimum Gasteiger partial charge on any atom is -0.508 e. The van der Waals surface area contributed by atoms with Gasteiger partial charge >= 0.3 is 0 Å². The first kappa shape index (κ1) is 37.5. The molecular formula is C32H41N9O8. The zero-order valence-electron chi connectivity index (χ0n) is 26.5. The molecule has 1 fully saturated rings. The minimum atomic E-state index is -2.86. The van der Waals surface area contributed by atoms with Crippen molar-refractivity contribution in [3.05, 3.63) is 71.9 Å². The van der Waals surface area contributed by atoms with Gasteiger partial charge in [-0.05, 0) is 66.8 Å². The van der Waals surface area contributed by atoms with Crippen LogP contribution in [-0.2, 0) is 19.2 Å². The first-order valence-electron chi connectivity index (χ1n) is 15.1. The summed E-state index contributed by atoms with van der Waals surface area (Å²) in [7, 11) is 0. The van der Waals surface area contributed by atoms with Crippen molar-refractivity contribution in [2.75, 3.05) is 26.2 Å². The molecule has 0 bridgehead atoms. The largest absolute Gasteiger partial charge is 0.508 e. The number of ketones is 1. The molecule has 49 heavy (non-hydrogen) atoms. The highest BCUT2D eigenvalue weighted by atomic mass is 16.4. The fourth-order valence-corrected chi connectivity index (χ4v) is 5.27. The predicted octanol–water partition coefficient (Wildman–Crippen LogP) is -1.82. The predicted molar refractivity (Wildman–Crippen MR) is 181 cm³/mol. The maximum atomic E-state index is 13.9. The van der Waals surface area contributed by atoms with Crippen LogP contribution in [0.4, 0.5) is 0 Å². The van der Waals surface area contributed by atoms with E-state index in [9.17, 15) is 39.6 Å². The number of carbonyl (C=O) groups excluding carboxylic acids is 4. The maximum absolute atomic E-state index is 13.9. The van der Waals surface area contributed by atoms with Crippen LogP contribution in [0.3, 0.4) is 0 Å². The average molecular weight is 680 g/mol. The van der Waals surface area contributed by atoms with Gasteiger partial charge in [-0.2, -0.15) is 0 Å². The first-order chi connectivity index (χ1) is 23.2. The topological polar surface area (TPSA) is 305 Å². The first-order valence-corrected chi connectivity index (χ1v) is 15.1. The molecule has 14 N–H and O–H groups in total. The van der Waals surface area contributed by atoms with E-state index >= 15 is 0 Å². The van der Waals surface area contributed by atoms with Crippen LogP contribution < -0.4 is 33.6 Å². The van der Waals surface area contributed by atoms with E-state index in [0.717, 1.165) is 0 Å². The van der Waals surface area contributed by atoms with E-state index in [1.807, 2.05) is 0 Å². The third-order valence-electron chi connectivity index (χ3n) is 7.64. The second-order valence-electron chi connectivity index (χ2n) is 11.2. The third-order valence-corrected chi connectivity index (χ3v) is 7.64. The third kappa shape index (κ3) is 10.0. The van der Waals surface area contributed by atoms with Gasteiger partial charge in [-0.3, -0.25) is 34.1 Å². The molecule has 262 valence electrons. The van der Waals surface area contributed by atoms with Gasteiger partial charge in [0.05, 0.1) is 12.5 Å². The Morgan fingerprint density at radius 3 is 1.98 bits per heavy atom. The molecule has 1 aliphatic rings. The number of hydrogen-bond donors (Lipinski definition) is 10. The number of guanidine groups is 2. The molecule has 0 aromatic heterocycles. The lowest BCUT2D eigenvalue weighted by molar-refractivity contribution is -0.174. The number of aliphatic imine (C=N–C) groups is 2. The minimum absolute atomic E-state index is 0.00637. The summed E-state index contributed by atoms with van der Waals surface area (Å²) in [5, 5.41) is 47.6. The monoisotopic (exact) mass is 679 g/mol. The zero-order valence-corrected chi connectivity index (χ0v) is 26.5. The molecule has 0 unspecified atom stereocenters. The van der Waals surface area contributed by atoms with Gasteiger partial charge in [-0.25, -0.2) is 0 Å². The molecule has 0 aliphatic carbocycles. The van der Waals surface area contributed by atoms with Crippen LogP contribution in [0.25, 0.3) is 12.2 Å². The Hall–Kier alpha value is -5.94. The number of aromatic hydroxyl groups is 2. The van der Waals surface area contributed by atoms with E-state index in [1.165, 1.54) is 48.7 Å². The fourth-order valence-electron chi connectivity index (χ4n) is 5.27. The Balaban J connectivity index is 1.91. The van der Waals surface area contributed by atoms with Crippen LogP contribution in [-0.4, -0.2) is 98.3 Å². The van der Waals surface area contributed by atoms with Crippen LogP contribution in [0.2, 0.25) is 0 Å². The second kappa shape index (κ2) is 16.8. The SMILES string of the molecule is NC(N)=NCCC[C@@]1(O)C(=O)N(CC(=O)N/C=C/c2ccc(O)cc2)[C@@](O)(C(=O)NCC(=O)/C=C/c2ccc(O)cc2)[C@@H]1CCN=C(N)N. The highest BCUT2D eigenvalue weighted by Gasteiger charge is 2.68. The number of nitrogens with one attached hydrogen (secondary N) is 2. The fraction of sp³-hybridized carbons (Fsp3) is 0.312. The Labute approximate surface area is 281 Å². The second-order valence-corrected chi connectivity index (χ2v) is 11.2. The number of rotatable bonds is 16. The quantitative estimate of drug-likeness (QED) is 0.0406. The number of phenolic OH excluding ortho intramolecular Hbond substituents is 2.